The molecule has 0 spiro atoms. The van der Waals surface area contributed by atoms with Crippen LogP contribution in [0.2, 0.25) is 0 Å². The van der Waals surface area contributed by atoms with Gasteiger partial charge in [0.25, 0.3) is 21.6 Å². The Bertz CT molecular complexity index is 736. The fourth-order valence-electron chi connectivity index (χ4n) is 1.57. The van der Waals surface area contributed by atoms with E-state index in [0.717, 1.165) is 0 Å². The van der Waals surface area contributed by atoms with Crippen molar-refractivity contribution in [1.82, 2.24) is 0 Å². The van der Waals surface area contributed by atoms with Gasteiger partial charge < -0.3 is 0 Å². The van der Waals surface area contributed by atoms with Gasteiger partial charge in [0.15, 0.2) is 0 Å². The molecule has 0 radical (unpaired) electrons. The number of hydrogen-bond donors (Lipinski definition) is 0. The van der Waals surface area contributed by atoms with E-state index >= 15 is 0 Å². The van der Waals surface area contributed by atoms with Gasteiger partial charge in [0.1, 0.15) is 0 Å². The van der Waals surface area contributed by atoms with E-state index in [2.05, 4.69) is 0 Å². The zero-order chi connectivity index (χ0) is 17.7. The van der Waals surface area contributed by atoms with Crippen LogP contribution in [0.1, 0.15) is 0 Å². The number of nitro benzene ring substituents is 2. The Balaban J connectivity index is 1.97. The van der Waals surface area contributed by atoms with Crippen molar-refractivity contribution in [1.29, 1.82) is 0 Å². The number of carbonyl (C=O) groups is 2. The first kappa shape index (κ1) is 17.6. The molecule has 0 aliphatic carbocycles. The first-order valence-corrected chi connectivity index (χ1v) is 7.93. The maximum atomic E-state index is 11.9. The molecule has 2 rings (SSSR count). The highest BCUT2D eigenvalue weighted by molar-refractivity contribution is 8.24. The van der Waals surface area contributed by atoms with Crippen molar-refractivity contribution in [2.24, 2.45) is 0 Å². The number of thioether (sulfide) groups is 2. The Hall–Kier alpha value is -2.72. The highest BCUT2D eigenvalue weighted by Crippen LogP contribution is 2.27. The lowest BCUT2D eigenvalue weighted by Gasteiger charge is -2.01. The molecular formula is C14H8N2O6S2. The second-order valence-corrected chi connectivity index (χ2v) is 6.37. The van der Waals surface area contributed by atoms with E-state index < -0.39 is 20.1 Å². The van der Waals surface area contributed by atoms with E-state index in [4.69, 9.17) is 0 Å². The summed E-state index contributed by atoms with van der Waals surface area (Å²) >= 11 is 1.32. The number of non-ortho nitro benzene ring substituents is 2. The van der Waals surface area contributed by atoms with Gasteiger partial charge >= 0.3 is 0 Å². The zero-order valence-corrected chi connectivity index (χ0v) is 13.4. The second-order valence-electron chi connectivity index (χ2n) is 4.28. The lowest BCUT2D eigenvalue weighted by atomic mass is 10.3. The maximum Gasteiger partial charge on any atom is 0.271 e. The van der Waals surface area contributed by atoms with Crippen LogP contribution in [0.3, 0.4) is 0 Å². The smallest absolute Gasteiger partial charge is 0.271 e. The molecule has 0 fully saturated rings. The van der Waals surface area contributed by atoms with Gasteiger partial charge in [-0.15, -0.1) is 0 Å². The predicted molar refractivity (Wildman–Crippen MR) is 87.9 cm³/mol. The zero-order valence-electron chi connectivity index (χ0n) is 11.8. The highest BCUT2D eigenvalue weighted by atomic mass is 32.2. The topological polar surface area (TPSA) is 120 Å². The third kappa shape index (κ3) is 4.64. The normalized spacial score (nSPS) is 10.2. The van der Waals surface area contributed by atoms with Crippen LogP contribution in [0.4, 0.5) is 11.4 Å². The average molecular weight is 364 g/mol. The number of nitrogens with zero attached hydrogens (tertiary/aromatic N) is 2. The van der Waals surface area contributed by atoms with Crippen molar-refractivity contribution < 1.29 is 19.4 Å². The Morgan fingerprint density at radius 1 is 0.667 bits per heavy atom. The highest BCUT2D eigenvalue weighted by Gasteiger charge is 2.18. The standard InChI is InChI=1S/C14H8N2O6S2/c17-13(23-11-5-1-9(2-6-11)15(19)20)14(18)24-12-7-3-10(4-8-12)16(21)22/h1-8H. The van der Waals surface area contributed by atoms with E-state index in [0.29, 0.717) is 33.3 Å². The van der Waals surface area contributed by atoms with Crippen LogP contribution in [0.15, 0.2) is 58.3 Å². The third-order valence-electron chi connectivity index (χ3n) is 2.68. The van der Waals surface area contributed by atoms with Crippen LogP contribution < -0.4 is 0 Å². The lowest BCUT2D eigenvalue weighted by molar-refractivity contribution is -0.385. The van der Waals surface area contributed by atoms with Gasteiger partial charge in [-0.3, -0.25) is 29.8 Å². The SMILES string of the molecule is O=C(Sc1ccc([N+](=O)[O-])cc1)C(=O)Sc1ccc([N+](=O)[O-])cc1. The van der Waals surface area contributed by atoms with Crippen LogP contribution in [0.5, 0.6) is 0 Å². The number of benzene rings is 2. The first-order chi connectivity index (χ1) is 11.4. The summed E-state index contributed by atoms with van der Waals surface area (Å²) in [6.07, 6.45) is 0. The van der Waals surface area contributed by atoms with Crippen LogP contribution in [-0.4, -0.2) is 20.1 Å². The van der Waals surface area contributed by atoms with Gasteiger partial charge in [0, 0.05) is 34.1 Å². The predicted octanol–water partition coefficient (Wildman–Crippen LogP) is 3.44. The van der Waals surface area contributed by atoms with Crippen molar-refractivity contribution in [3.05, 3.63) is 68.8 Å². The Kier molecular flexibility index (Phi) is 5.66. The summed E-state index contributed by atoms with van der Waals surface area (Å²) in [4.78, 5) is 44.5. The van der Waals surface area contributed by atoms with Crippen molar-refractivity contribution in [3.63, 3.8) is 0 Å². The molecule has 0 aliphatic rings. The number of carbonyl (C=O) groups excluding carboxylic acids is 2. The lowest BCUT2D eigenvalue weighted by Crippen LogP contribution is -2.04. The van der Waals surface area contributed by atoms with Gasteiger partial charge in [0.05, 0.1) is 9.85 Å². The summed E-state index contributed by atoms with van der Waals surface area (Å²) in [6.45, 7) is 0. The molecule has 122 valence electrons. The van der Waals surface area contributed by atoms with Gasteiger partial charge in [-0.05, 0) is 47.8 Å². The molecule has 0 N–H and O–H groups in total. The van der Waals surface area contributed by atoms with Crippen LogP contribution in [0.25, 0.3) is 0 Å². The molecule has 0 aromatic heterocycles. The molecule has 0 unspecified atom stereocenters. The molecule has 0 amide bonds. The molecule has 0 heterocycles. The summed E-state index contributed by atoms with van der Waals surface area (Å²) in [5, 5.41) is 19.6. The minimum atomic E-state index is -0.743. The number of rotatable bonds is 4. The van der Waals surface area contributed by atoms with Gasteiger partial charge in [-0.25, -0.2) is 0 Å². The molecule has 0 saturated carbocycles. The maximum absolute atomic E-state index is 11.9. The van der Waals surface area contributed by atoms with Crippen LogP contribution in [0, 0.1) is 20.2 Å². The fourth-order valence-corrected chi connectivity index (χ4v) is 2.96. The van der Waals surface area contributed by atoms with Crippen LogP contribution in [-0.2, 0) is 9.59 Å². The monoisotopic (exact) mass is 364 g/mol. The minimum Gasteiger partial charge on any atom is -0.277 e. The summed E-state index contributed by atoms with van der Waals surface area (Å²) < 4.78 is 0. The fraction of sp³-hybridized carbons (Fsp3) is 0. The van der Waals surface area contributed by atoms with Gasteiger partial charge in [0.2, 0.25) is 0 Å². The summed E-state index contributed by atoms with van der Waals surface area (Å²) in [5.74, 6) is 0. The van der Waals surface area contributed by atoms with E-state index in [1.807, 2.05) is 0 Å². The Morgan fingerprint density at radius 2 is 0.958 bits per heavy atom. The molecule has 2 aromatic carbocycles. The summed E-state index contributed by atoms with van der Waals surface area (Å²) in [7, 11) is 0. The van der Waals surface area contributed by atoms with E-state index in [9.17, 15) is 29.8 Å². The third-order valence-corrected chi connectivity index (χ3v) is 4.57. The average Bonchev–Trinajstić information content (AvgIpc) is 2.55. The second kappa shape index (κ2) is 7.70. The minimum absolute atomic E-state index is 0.113. The molecule has 0 atom stereocenters. The van der Waals surface area contributed by atoms with Crippen LogP contribution >= 0.6 is 23.5 Å². The molecule has 8 nitrogen and oxygen atoms in total. The molecule has 24 heavy (non-hydrogen) atoms. The number of nitro groups is 2. The van der Waals surface area contributed by atoms with Gasteiger partial charge in [-0.1, -0.05) is 0 Å². The van der Waals surface area contributed by atoms with E-state index in [1.54, 1.807) is 0 Å². The van der Waals surface area contributed by atoms with E-state index in [-0.39, 0.29) is 11.4 Å². The van der Waals surface area contributed by atoms with E-state index in [1.165, 1.54) is 48.5 Å². The Labute approximate surface area is 143 Å². The molecule has 2 aromatic rings. The van der Waals surface area contributed by atoms with Crippen molar-refractivity contribution in [2.75, 3.05) is 0 Å². The van der Waals surface area contributed by atoms with Gasteiger partial charge in [-0.2, -0.15) is 0 Å². The molecular weight excluding hydrogens is 356 g/mol. The van der Waals surface area contributed by atoms with Crippen molar-refractivity contribution in [3.8, 4) is 0 Å². The molecule has 0 saturated heterocycles. The first-order valence-electron chi connectivity index (χ1n) is 6.29. The number of hydrogen-bond acceptors (Lipinski definition) is 8. The molecule has 10 heteroatoms. The van der Waals surface area contributed by atoms with Crippen molar-refractivity contribution >= 4 is 45.1 Å². The Morgan fingerprint density at radius 3 is 1.21 bits per heavy atom. The summed E-state index contributed by atoms with van der Waals surface area (Å²) in [6, 6.07) is 10.5. The van der Waals surface area contributed by atoms with Crippen molar-refractivity contribution in [2.45, 2.75) is 9.79 Å². The molecule has 0 bridgehead atoms. The largest absolute Gasteiger partial charge is 0.277 e. The quantitative estimate of drug-likeness (QED) is 0.350. The summed E-state index contributed by atoms with van der Waals surface area (Å²) in [5.41, 5.74) is -0.225. The molecule has 0 aliphatic heterocycles.